The molecule has 94 valence electrons. The van der Waals surface area contributed by atoms with Crippen molar-refractivity contribution >= 4 is 17.4 Å². The largest absolute Gasteiger partial charge is 0.393 e. The maximum atomic E-state index is 9.24. The zero-order valence-electron chi connectivity index (χ0n) is 9.80. The van der Waals surface area contributed by atoms with Crippen LogP contribution in [0.4, 0.5) is 5.82 Å². The fourth-order valence-corrected chi connectivity index (χ4v) is 2.49. The highest BCUT2D eigenvalue weighted by Gasteiger charge is 2.28. The van der Waals surface area contributed by atoms with Crippen molar-refractivity contribution in [1.29, 1.82) is 0 Å². The van der Waals surface area contributed by atoms with Crippen molar-refractivity contribution in [2.45, 2.75) is 25.6 Å². The molecule has 5 heteroatoms. The third kappa shape index (κ3) is 2.89. The summed E-state index contributed by atoms with van der Waals surface area (Å²) in [6.45, 7) is 0.799. The summed E-state index contributed by atoms with van der Waals surface area (Å²) >= 11 is 6.11. The minimum absolute atomic E-state index is 0.0501. The van der Waals surface area contributed by atoms with E-state index in [4.69, 9.17) is 16.7 Å². The molecule has 0 unspecified atom stereocenters. The highest BCUT2D eigenvalue weighted by Crippen LogP contribution is 2.30. The second kappa shape index (κ2) is 5.21. The number of nitrogens with zero attached hydrogens (tertiary/aromatic N) is 2. The van der Waals surface area contributed by atoms with E-state index in [9.17, 15) is 5.11 Å². The van der Waals surface area contributed by atoms with Gasteiger partial charge in [-0.2, -0.15) is 0 Å². The molecule has 1 aromatic rings. The van der Waals surface area contributed by atoms with Crippen molar-refractivity contribution in [2.24, 2.45) is 5.92 Å². The lowest BCUT2D eigenvalue weighted by Crippen LogP contribution is -2.37. The molecule has 1 aliphatic carbocycles. The van der Waals surface area contributed by atoms with Crippen LogP contribution in [0.15, 0.2) is 12.3 Å². The summed E-state index contributed by atoms with van der Waals surface area (Å²) < 4.78 is 0. The predicted molar refractivity (Wildman–Crippen MR) is 67.2 cm³/mol. The molecular weight excluding hydrogens is 240 g/mol. The molecule has 4 nitrogen and oxygen atoms in total. The normalized spacial score (nSPS) is 23.3. The summed E-state index contributed by atoms with van der Waals surface area (Å²) in [5, 5.41) is 18.8. The average molecular weight is 257 g/mol. The summed E-state index contributed by atoms with van der Waals surface area (Å²) in [5.41, 5.74) is 0.714. The van der Waals surface area contributed by atoms with E-state index in [0.717, 1.165) is 25.2 Å². The van der Waals surface area contributed by atoms with Crippen LogP contribution < -0.4 is 4.90 Å². The van der Waals surface area contributed by atoms with Gasteiger partial charge in [0.25, 0.3) is 0 Å². The molecule has 0 spiro atoms. The highest BCUT2D eigenvalue weighted by molar-refractivity contribution is 6.33. The summed E-state index contributed by atoms with van der Waals surface area (Å²) in [7, 11) is 1.94. The minimum Gasteiger partial charge on any atom is -0.393 e. The van der Waals surface area contributed by atoms with Crippen molar-refractivity contribution < 1.29 is 10.2 Å². The number of aliphatic hydroxyl groups is 2. The molecule has 17 heavy (non-hydrogen) atoms. The summed E-state index contributed by atoms with van der Waals surface area (Å²) in [5.74, 6) is 1.25. The molecule has 0 bridgehead atoms. The maximum absolute atomic E-state index is 9.24. The van der Waals surface area contributed by atoms with E-state index >= 15 is 0 Å². The van der Waals surface area contributed by atoms with Crippen LogP contribution in [0.25, 0.3) is 0 Å². The first-order chi connectivity index (χ1) is 8.10. The Kier molecular flexibility index (Phi) is 3.86. The Morgan fingerprint density at radius 1 is 1.53 bits per heavy atom. The summed E-state index contributed by atoms with van der Waals surface area (Å²) in [6.07, 6.45) is 3.22. The van der Waals surface area contributed by atoms with Gasteiger partial charge in [0.2, 0.25) is 0 Å². The number of anilines is 1. The van der Waals surface area contributed by atoms with Gasteiger partial charge in [-0.15, -0.1) is 0 Å². The summed E-state index contributed by atoms with van der Waals surface area (Å²) in [4.78, 5) is 6.25. The number of hydrogen-bond donors (Lipinski definition) is 2. The Morgan fingerprint density at radius 2 is 2.24 bits per heavy atom. The quantitative estimate of drug-likeness (QED) is 0.856. The lowest BCUT2D eigenvalue weighted by molar-refractivity contribution is 0.0464. The smallest absolute Gasteiger partial charge is 0.147 e. The van der Waals surface area contributed by atoms with E-state index in [1.165, 1.54) is 0 Å². The summed E-state index contributed by atoms with van der Waals surface area (Å²) in [6, 6.07) is 1.73. The Hall–Kier alpha value is -0.840. The predicted octanol–water partition coefficient (Wildman–Crippen LogP) is 1.43. The van der Waals surface area contributed by atoms with E-state index in [1.54, 1.807) is 12.3 Å². The topological polar surface area (TPSA) is 56.6 Å². The van der Waals surface area contributed by atoms with Crippen molar-refractivity contribution in [1.82, 2.24) is 4.98 Å². The molecule has 0 atom stereocenters. The van der Waals surface area contributed by atoms with Crippen molar-refractivity contribution in [3.8, 4) is 0 Å². The molecule has 0 aliphatic heterocycles. The van der Waals surface area contributed by atoms with E-state index in [1.807, 2.05) is 11.9 Å². The van der Waals surface area contributed by atoms with Gasteiger partial charge < -0.3 is 15.1 Å². The van der Waals surface area contributed by atoms with Crippen molar-refractivity contribution in [3.05, 3.63) is 22.8 Å². The first kappa shape index (κ1) is 12.6. The molecule has 0 aromatic carbocycles. The number of aliphatic hydroxyl groups excluding tert-OH is 2. The number of pyridine rings is 1. The lowest BCUT2D eigenvalue weighted by Gasteiger charge is -2.35. The van der Waals surface area contributed by atoms with E-state index < -0.39 is 0 Å². The van der Waals surface area contributed by atoms with Crippen molar-refractivity contribution in [2.75, 3.05) is 18.5 Å². The maximum Gasteiger partial charge on any atom is 0.147 e. The Balaban J connectivity index is 2.01. The fraction of sp³-hybridized carbons (Fsp3) is 0.583. The zero-order chi connectivity index (χ0) is 12.4. The molecule has 1 saturated carbocycles. The molecule has 1 aromatic heterocycles. The van der Waals surface area contributed by atoms with Crippen LogP contribution in [-0.2, 0) is 6.61 Å². The standard InChI is InChI=1S/C12H17ClN2O2/c1-15(6-8-2-10(17)3-8)12-11(13)4-9(7-16)5-14-12/h4-5,8,10,16-17H,2-3,6-7H2,1H3. The van der Waals surface area contributed by atoms with Crippen LogP contribution in [0.3, 0.4) is 0 Å². The molecule has 0 saturated heterocycles. The van der Waals surface area contributed by atoms with Gasteiger partial charge in [-0.05, 0) is 30.4 Å². The van der Waals surface area contributed by atoms with Crippen molar-refractivity contribution in [3.63, 3.8) is 0 Å². The number of rotatable bonds is 4. The zero-order valence-corrected chi connectivity index (χ0v) is 10.6. The number of hydrogen-bond acceptors (Lipinski definition) is 4. The Morgan fingerprint density at radius 3 is 2.76 bits per heavy atom. The molecule has 0 amide bonds. The third-order valence-electron chi connectivity index (χ3n) is 3.17. The van der Waals surface area contributed by atoms with Gasteiger partial charge in [-0.25, -0.2) is 4.98 Å². The Bertz CT molecular complexity index is 394. The van der Waals surface area contributed by atoms with Crippen LogP contribution in [0.2, 0.25) is 5.02 Å². The van der Waals surface area contributed by atoms with Gasteiger partial charge in [0.05, 0.1) is 17.7 Å². The number of aromatic nitrogens is 1. The first-order valence-corrected chi connectivity index (χ1v) is 6.12. The minimum atomic E-state index is -0.131. The second-order valence-corrected chi connectivity index (χ2v) is 5.09. The molecule has 1 heterocycles. The second-order valence-electron chi connectivity index (χ2n) is 4.68. The van der Waals surface area contributed by atoms with Crippen LogP contribution in [0, 0.1) is 5.92 Å². The molecule has 1 aliphatic rings. The molecular formula is C12H17ClN2O2. The molecule has 2 rings (SSSR count). The third-order valence-corrected chi connectivity index (χ3v) is 3.44. The van der Waals surface area contributed by atoms with Crippen LogP contribution in [0.5, 0.6) is 0 Å². The van der Waals surface area contributed by atoms with Crippen LogP contribution in [0.1, 0.15) is 18.4 Å². The SMILES string of the molecule is CN(CC1CC(O)C1)c1ncc(CO)cc1Cl. The van der Waals surface area contributed by atoms with Gasteiger partial charge in [0, 0.05) is 19.8 Å². The fourth-order valence-electron chi connectivity index (χ4n) is 2.16. The number of halogens is 1. The molecule has 2 N–H and O–H groups in total. The van der Waals surface area contributed by atoms with Gasteiger partial charge >= 0.3 is 0 Å². The first-order valence-electron chi connectivity index (χ1n) is 5.74. The van der Waals surface area contributed by atoms with Gasteiger partial charge in [0.15, 0.2) is 0 Å². The molecule has 1 fully saturated rings. The van der Waals surface area contributed by atoms with Crippen LogP contribution >= 0.6 is 11.6 Å². The van der Waals surface area contributed by atoms with Gasteiger partial charge in [-0.1, -0.05) is 11.6 Å². The van der Waals surface area contributed by atoms with E-state index in [0.29, 0.717) is 16.5 Å². The van der Waals surface area contributed by atoms with E-state index in [-0.39, 0.29) is 12.7 Å². The lowest BCUT2D eigenvalue weighted by atomic mass is 9.82. The molecule has 0 radical (unpaired) electrons. The highest BCUT2D eigenvalue weighted by atomic mass is 35.5. The van der Waals surface area contributed by atoms with Crippen LogP contribution in [-0.4, -0.2) is 34.9 Å². The Labute approximate surface area is 106 Å². The monoisotopic (exact) mass is 256 g/mol. The van der Waals surface area contributed by atoms with Gasteiger partial charge in [-0.3, -0.25) is 0 Å². The average Bonchev–Trinajstić information content (AvgIpc) is 2.26. The van der Waals surface area contributed by atoms with E-state index in [2.05, 4.69) is 4.98 Å². The van der Waals surface area contributed by atoms with Gasteiger partial charge in [0.1, 0.15) is 5.82 Å².